The fourth-order valence-electron chi connectivity index (χ4n) is 1.97. The van der Waals surface area contributed by atoms with Gasteiger partial charge in [0.05, 0.1) is 5.92 Å². The first-order valence-electron chi connectivity index (χ1n) is 6.46. The Balaban J connectivity index is 2.15. The third-order valence-corrected chi connectivity index (χ3v) is 3.25. The van der Waals surface area contributed by atoms with E-state index in [4.69, 9.17) is 5.11 Å². The van der Waals surface area contributed by atoms with Crippen molar-refractivity contribution in [2.75, 3.05) is 6.54 Å². The number of aromatic nitrogens is 1. The summed E-state index contributed by atoms with van der Waals surface area (Å²) in [5.74, 6) is -1.61. The number of carboxylic acids is 1. The zero-order valence-corrected chi connectivity index (χ0v) is 11.2. The number of hydrogen-bond acceptors (Lipinski definition) is 3. The minimum absolute atomic E-state index is 0.167. The highest BCUT2D eigenvalue weighted by molar-refractivity contribution is 5.93. The number of pyridine rings is 1. The molecule has 0 aromatic carbocycles. The van der Waals surface area contributed by atoms with Crippen molar-refractivity contribution in [2.45, 2.75) is 32.7 Å². The second-order valence-corrected chi connectivity index (χ2v) is 5.09. The first-order chi connectivity index (χ1) is 8.99. The number of rotatable bonds is 5. The van der Waals surface area contributed by atoms with Crippen molar-refractivity contribution in [1.82, 2.24) is 9.88 Å². The monoisotopic (exact) mass is 262 g/mol. The molecule has 1 heterocycles. The molecule has 1 fully saturated rings. The van der Waals surface area contributed by atoms with E-state index in [0.717, 1.165) is 18.5 Å². The number of carboxylic acid groups (broad SMARTS) is 1. The summed E-state index contributed by atoms with van der Waals surface area (Å²) >= 11 is 0. The van der Waals surface area contributed by atoms with Crippen molar-refractivity contribution in [3.63, 3.8) is 0 Å². The van der Waals surface area contributed by atoms with Gasteiger partial charge in [-0.2, -0.15) is 0 Å². The Kier molecular flexibility index (Phi) is 3.83. The molecule has 0 unspecified atom stereocenters. The van der Waals surface area contributed by atoms with E-state index in [0.29, 0.717) is 5.69 Å². The summed E-state index contributed by atoms with van der Waals surface area (Å²) in [5, 5.41) is 8.98. The minimum atomic E-state index is -0.879. The Bertz CT molecular complexity index is 497. The number of amides is 1. The van der Waals surface area contributed by atoms with Crippen molar-refractivity contribution in [3.05, 3.63) is 29.6 Å². The predicted molar refractivity (Wildman–Crippen MR) is 69.8 cm³/mol. The van der Waals surface area contributed by atoms with Crippen LogP contribution in [-0.4, -0.2) is 39.5 Å². The van der Waals surface area contributed by atoms with Crippen LogP contribution in [-0.2, 0) is 4.79 Å². The van der Waals surface area contributed by atoms with E-state index in [-0.39, 0.29) is 18.5 Å². The van der Waals surface area contributed by atoms with Gasteiger partial charge in [-0.1, -0.05) is 13.0 Å². The van der Waals surface area contributed by atoms with E-state index < -0.39 is 11.9 Å². The average molecular weight is 262 g/mol. The molecule has 1 aliphatic rings. The van der Waals surface area contributed by atoms with Gasteiger partial charge >= 0.3 is 5.97 Å². The molecular formula is C14H18N2O3. The number of nitrogens with zero attached hydrogens (tertiary/aromatic N) is 2. The van der Waals surface area contributed by atoms with Crippen LogP contribution in [0, 0.1) is 12.8 Å². The van der Waals surface area contributed by atoms with Gasteiger partial charge in [-0.15, -0.1) is 0 Å². The molecule has 1 aromatic heterocycles. The summed E-state index contributed by atoms with van der Waals surface area (Å²) in [6, 6.07) is 5.48. The number of aliphatic carboxylic acids is 1. The van der Waals surface area contributed by atoms with E-state index in [2.05, 4.69) is 4.98 Å². The molecular weight excluding hydrogens is 244 g/mol. The fraction of sp³-hybridized carbons (Fsp3) is 0.500. The van der Waals surface area contributed by atoms with Gasteiger partial charge in [0.2, 0.25) is 0 Å². The molecule has 1 amide bonds. The van der Waals surface area contributed by atoms with E-state index in [9.17, 15) is 9.59 Å². The molecule has 102 valence electrons. The number of carbonyl (C=O) groups excluding carboxylic acids is 1. The molecule has 1 N–H and O–H groups in total. The minimum Gasteiger partial charge on any atom is -0.481 e. The lowest BCUT2D eigenvalue weighted by atomic mass is 10.1. The van der Waals surface area contributed by atoms with Crippen molar-refractivity contribution < 1.29 is 14.7 Å². The molecule has 5 heteroatoms. The lowest BCUT2D eigenvalue weighted by Gasteiger charge is -2.24. The topological polar surface area (TPSA) is 70.5 Å². The lowest BCUT2D eigenvalue weighted by Crippen LogP contribution is -2.39. The smallest absolute Gasteiger partial charge is 0.308 e. The van der Waals surface area contributed by atoms with Crippen LogP contribution in [0.5, 0.6) is 0 Å². The molecule has 1 saturated carbocycles. The Labute approximate surface area is 112 Å². The lowest BCUT2D eigenvalue weighted by molar-refractivity contribution is -0.141. The zero-order chi connectivity index (χ0) is 14.0. The average Bonchev–Trinajstić information content (AvgIpc) is 3.19. The highest BCUT2D eigenvalue weighted by atomic mass is 16.4. The predicted octanol–water partition coefficient (Wildman–Crippen LogP) is 1.72. The van der Waals surface area contributed by atoms with Gasteiger partial charge in [0.15, 0.2) is 0 Å². The summed E-state index contributed by atoms with van der Waals surface area (Å²) in [5.41, 5.74) is 1.18. The van der Waals surface area contributed by atoms with Crippen molar-refractivity contribution in [3.8, 4) is 0 Å². The van der Waals surface area contributed by atoms with Gasteiger partial charge in [-0.05, 0) is 31.9 Å². The van der Waals surface area contributed by atoms with Crippen LogP contribution < -0.4 is 0 Å². The maximum absolute atomic E-state index is 12.4. The SMILES string of the molecule is Cc1cccc(C(=O)N(C[C@H](C)C(=O)O)C2CC2)n1. The van der Waals surface area contributed by atoms with Gasteiger partial charge < -0.3 is 10.0 Å². The first-order valence-corrected chi connectivity index (χ1v) is 6.46. The van der Waals surface area contributed by atoms with Crippen molar-refractivity contribution in [2.24, 2.45) is 5.92 Å². The molecule has 1 aliphatic carbocycles. The second kappa shape index (κ2) is 5.38. The molecule has 0 saturated heterocycles. The normalized spacial score (nSPS) is 15.9. The summed E-state index contributed by atoms with van der Waals surface area (Å²) in [6.45, 7) is 3.70. The number of carbonyl (C=O) groups is 2. The van der Waals surface area contributed by atoms with Gasteiger partial charge in [-0.25, -0.2) is 4.98 Å². The van der Waals surface area contributed by atoms with Crippen LogP contribution in [0.4, 0.5) is 0 Å². The molecule has 1 atom stereocenters. The first kappa shape index (κ1) is 13.5. The van der Waals surface area contributed by atoms with Crippen molar-refractivity contribution in [1.29, 1.82) is 0 Å². The van der Waals surface area contributed by atoms with Crippen LogP contribution in [0.15, 0.2) is 18.2 Å². The molecule has 1 aromatic rings. The summed E-state index contributed by atoms with van der Waals surface area (Å²) in [7, 11) is 0. The van der Waals surface area contributed by atoms with Gasteiger partial charge in [0.1, 0.15) is 5.69 Å². The molecule has 0 spiro atoms. The Morgan fingerprint density at radius 2 is 2.16 bits per heavy atom. The zero-order valence-electron chi connectivity index (χ0n) is 11.2. The highest BCUT2D eigenvalue weighted by Crippen LogP contribution is 2.28. The Morgan fingerprint density at radius 1 is 1.47 bits per heavy atom. The largest absolute Gasteiger partial charge is 0.481 e. The second-order valence-electron chi connectivity index (χ2n) is 5.09. The van der Waals surface area contributed by atoms with E-state index >= 15 is 0 Å². The molecule has 5 nitrogen and oxygen atoms in total. The summed E-state index contributed by atoms with van der Waals surface area (Å²) in [6.07, 6.45) is 1.90. The maximum atomic E-state index is 12.4. The van der Waals surface area contributed by atoms with Gasteiger partial charge in [-0.3, -0.25) is 9.59 Å². The molecule has 0 aliphatic heterocycles. The maximum Gasteiger partial charge on any atom is 0.308 e. The Hall–Kier alpha value is -1.91. The number of aryl methyl sites for hydroxylation is 1. The van der Waals surface area contributed by atoms with E-state index in [1.54, 1.807) is 24.0 Å². The van der Waals surface area contributed by atoms with Crippen LogP contribution in [0.25, 0.3) is 0 Å². The highest BCUT2D eigenvalue weighted by Gasteiger charge is 2.35. The number of hydrogen-bond donors (Lipinski definition) is 1. The molecule has 19 heavy (non-hydrogen) atoms. The van der Waals surface area contributed by atoms with Gasteiger partial charge in [0, 0.05) is 18.3 Å². The van der Waals surface area contributed by atoms with E-state index in [1.807, 2.05) is 13.0 Å². The molecule has 2 rings (SSSR count). The molecule has 0 radical (unpaired) electrons. The quantitative estimate of drug-likeness (QED) is 0.877. The summed E-state index contributed by atoms with van der Waals surface area (Å²) < 4.78 is 0. The fourth-order valence-corrected chi connectivity index (χ4v) is 1.97. The Morgan fingerprint density at radius 3 is 2.68 bits per heavy atom. The van der Waals surface area contributed by atoms with Gasteiger partial charge in [0.25, 0.3) is 5.91 Å². The van der Waals surface area contributed by atoms with Crippen LogP contribution >= 0.6 is 0 Å². The van der Waals surface area contributed by atoms with Crippen LogP contribution in [0.3, 0.4) is 0 Å². The van der Waals surface area contributed by atoms with E-state index in [1.165, 1.54) is 0 Å². The van der Waals surface area contributed by atoms with Crippen LogP contribution in [0.1, 0.15) is 35.9 Å². The third kappa shape index (κ3) is 3.30. The van der Waals surface area contributed by atoms with Crippen LogP contribution in [0.2, 0.25) is 0 Å². The summed E-state index contributed by atoms with van der Waals surface area (Å²) in [4.78, 5) is 29.2. The molecule has 0 bridgehead atoms. The van der Waals surface area contributed by atoms with Crippen molar-refractivity contribution >= 4 is 11.9 Å². The third-order valence-electron chi connectivity index (χ3n) is 3.25. The standard InChI is InChI=1S/C14H18N2O3/c1-9(14(18)19)8-16(11-6-7-11)13(17)12-5-3-4-10(2)15-12/h3-5,9,11H,6-8H2,1-2H3,(H,18,19)/t9-/m0/s1.